The summed E-state index contributed by atoms with van der Waals surface area (Å²) in [7, 11) is 1.62. The molecule has 0 saturated carbocycles. The molecule has 1 amide bonds. The van der Waals surface area contributed by atoms with Crippen molar-refractivity contribution < 1.29 is 9.53 Å². The highest BCUT2D eigenvalue weighted by molar-refractivity contribution is 9.10. The molecule has 2 heterocycles. The van der Waals surface area contributed by atoms with E-state index in [-0.39, 0.29) is 5.91 Å². The van der Waals surface area contributed by atoms with E-state index in [4.69, 9.17) is 4.74 Å². The van der Waals surface area contributed by atoms with Crippen molar-refractivity contribution in [3.05, 3.63) is 58.3 Å². The van der Waals surface area contributed by atoms with Crippen molar-refractivity contribution in [3.8, 4) is 5.75 Å². The highest BCUT2D eigenvalue weighted by Gasteiger charge is 2.21. The number of ether oxygens (including phenoxy) is 1. The van der Waals surface area contributed by atoms with Gasteiger partial charge >= 0.3 is 0 Å². The molecule has 1 aliphatic heterocycles. The third kappa shape index (κ3) is 4.58. The predicted octanol–water partition coefficient (Wildman–Crippen LogP) is 3.20. The summed E-state index contributed by atoms with van der Waals surface area (Å²) in [6, 6.07) is 9.54. The highest BCUT2D eigenvalue weighted by atomic mass is 79.9. The normalized spacial score (nSPS) is 15.7. The average Bonchev–Trinajstić information content (AvgIpc) is 2.87. The molecule has 0 radical (unpaired) electrons. The molecule has 0 N–H and O–H groups in total. The van der Waals surface area contributed by atoms with Crippen molar-refractivity contribution in [1.82, 2.24) is 14.8 Å². The van der Waals surface area contributed by atoms with Crippen LogP contribution in [0.25, 0.3) is 0 Å². The molecule has 132 valence electrons. The molecular formula is C19H22BrN3O2. The first-order valence-corrected chi connectivity index (χ1v) is 9.21. The fourth-order valence-electron chi connectivity index (χ4n) is 3.06. The summed E-state index contributed by atoms with van der Waals surface area (Å²) in [4.78, 5) is 21.3. The fraction of sp³-hybridized carbons (Fsp3) is 0.368. The van der Waals surface area contributed by atoms with Crippen molar-refractivity contribution >= 4 is 21.8 Å². The fourth-order valence-corrected chi connectivity index (χ4v) is 3.60. The number of carbonyl (C=O) groups is 1. The first kappa shape index (κ1) is 17.9. The zero-order valence-corrected chi connectivity index (χ0v) is 15.9. The van der Waals surface area contributed by atoms with E-state index in [0.29, 0.717) is 5.56 Å². The van der Waals surface area contributed by atoms with Crippen LogP contribution in [0.1, 0.15) is 22.3 Å². The predicted molar refractivity (Wildman–Crippen MR) is 101 cm³/mol. The van der Waals surface area contributed by atoms with Crippen LogP contribution in [0.4, 0.5) is 0 Å². The van der Waals surface area contributed by atoms with E-state index < -0.39 is 0 Å². The van der Waals surface area contributed by atoms with Crippen molar-refractivity contribution in [3.63, 3.8) is 0 Å². The first-order valence-electron chi connectivity index (χ1n) is 8.41. The van der Waals surface area contributed by atoms with Crippen molar-refractivity contribution in [2.24, 2.45) is 0 Å². The zero-order valence-electron chi connectivity index (χ0n) is 14.3. The summed E-state index contributed by atoms with van der Waals surface area (Å²) in [5, 5.41) is 0. The maximum absolute atomic E-state index is 12.8. The van der Waals surface area contributed by atoms with Crippen LogP contribution < -0.4 is 4.74 Å². The number of carbonyl (C=O) groups excluding carboxylic acids is 1. The molecule has 6 heteroatoms. The van der Waals surface area contributed by atoms with E-state index in [1.54, 1.807) is 13.3 Å². The number of benzene rings is 1. The Morgan fingerprint density at radius 3 is 2.84 bits per heavy atom. The van der Waals surface area contributed by atoms with Gasteiger partial charge < -0.3 is 9.64 Å². The molecule has 1 aromatic heterocycles. The summed E-state index contributed by atoms with van der Waals surface area (Å²) < 4.78 is 6.03. The average molecular weight is 404 g/mol. The topological polar surface area (TPSA) is 45.7 Å². The minimum Gasteiger partial charge on any atom is -0.496 e. The highest BCUT2D eigenvalue weighted by Crippen LogP contribution is 2.26. The molecule has 0 unspecified atom stereocenters. The number of hydrogen-bond donors (Lipinski definition) is 0. The molecule has 2 aromatic rings. The lowest BCUT2D eigenvalue weighted by Gasteiger charge is -2.22. The molecule has 1 aliphatic rings. The summed E-state index contributed by atoms with van der Waals surface area (Å²) >= 11 is 3.45. The lowest BCUT2D eigenvalue weighted by molar-refractivity contribution is 0.0761. The van der Waals surface area contributed by atoms with Gasteiger partial charge in [-0.1, -0.05) is 6.07 Å². The standard InChI is InChI=1S/C19H22BrN3O2/c1-25-18-6-5-16(12-17(18)20)19(24)23-9-3-8-22(10-11-23)14-15-4-2-7-21-13-15/h2,4-7,12-13H,3,8-11,14H2,1H3. The van der Waals surface area contributed by atoms with Gasteiger partial charge in [-0.25, -0.2) is 0 Å². The number of halogens is 1. The second-order valence-electron chi connectivity index (χ2n) is 6.13. The molecule has 0 spiro atoms. The smallest absolute Gasteiger partial charge is 0.253 e. The van der Waals surface area contributed by atoms with Crippen LogP contribution in [0.5, 0.6) is 5.75 Å². The van der Waals surface area contributed by atoms with Gasteiger partial charge in [0.1, 0.15) is 5.75 Å². The maximum atomic E-state index is 12.8. The van der Waals surface area contributed by atoms with Gasteiger partial charge in [0.05, 0.1) is 11.6 Å². The molecule has 3 rings (SSSR count). The van der Waals surface area contributed by atoms with Crippen LogP contribution in [-0.4, -0.2) is 54.0 Å². The van der Waals surface area contributed by atoms with Gasteiger partial charge in [-0.3, -0.25) is 14.7 Å². The van der Waals surface area contributed by atoms with Gasteiger partial charge in [0, 0.05) is 50.7 Å². The Balaban J connectivity index is 1.62. The number of amides is 1. The Morgan fingerprint density at radius 1 is 1.24 bits per heavy atom. The van der Waals surface area contributed by atoms with Crippen LogP contribution in [0.2, 0.25) is 0 Å². The second kappa shape index (κ2) is 8.45. The van der Waals surface area contributed by atoms with Crippen LogP contribution in [0.15, 0.2) is 47.2 Å². The second-order valence-corrected chi connectivity index (χ2v) is 6.99. The number of methoxy groups -OCH3 is 1. The summed E-state index contributed by atoms with van der Waals surface area (Å²) in [5.41, 5.74) is 1.90. The van der Waals surface area contributed by atoms with E-state index >= 15 is 0 Å². The van der Waals surface area contributed by atoms with Crippen LogP contribution in [0.3, 0.4) is 0 Å². The van der Waals surface area contributed by atoms with E-state index in [1.165, 1.54) is 5.56 Å². The maximum Gasteiger partial charge on any atom is 0.253 e. The SMILES string of the molecule is COc1ccc(C(=O)N2CCCN(Cc3cccnc3)CC2)cc1Br. The lowest BCUT2D eigenvalue weighted by atomic mass is 10.2. The molecule has 5 nitrogen and oxygen atoms in total. The minimum absolute atomic E-state index is 0.0755. The number of rotatable bonds is 4. The van der Waals surface area contributed by atoms with E-state index in [0.717, 1.165) is 49.4 Å². The molecule has 0 atom stereocenters. The Labute approximate surface area is 156 Å². The van der Waals surface area contributed by atoms with Crippen LogP contribution in [-0.2, 0) is 6.54 Å². The molecule has 1 saturated heterocycles. The summed E-state index contributed by atoms with van der Waals surface area (Å²) in [6.07, 6.45) is 4.67. The van der Waals surface area contributed by atoms with Gasteiger partial charge in [0.2, 0.25) is 0 Å². The molecule has 25 heavy (non-hydrogen) atoms. The van der Waals surface area contributed by atoms with Crippen LogP contribution >= 0.6 is 15.9 Å². The van der Waals surface area contributed by atoms with E-state index in [2.05, 4.69) is 31.9 Å². The Bertz CT molecular complexity index is 724. The number of pyridine rings is 1. The molecular weight excluding hydrogens is 382 g/mol. The quantitative estimate of drug-likeness (QED) is 0.785. The number of aromatic nitrogens is 1. The Kier molecular flexibility index (Phi) is 6.04. The molecule has 1 aromatic carbocycles. The van der Waals surface area contributed by atoms with Gasteiger partial charge in [-0.05, 0) is 52.2 Å². The van der Waals surface area contributed by atoms with E-state index in [9.17, 15) is 4.79 Å². The van der Waals surface area contributed by atoms with Crippen molar-refractivity contribution in [1.29, 1.82) is 0 Å². The van der Waals surface area contributed by atoms with Gasteiger partial charge in [0.15, 0.2) is 0 Å². The molecule has 0 bridgehead atoms. The number of nitrogens with zero attached hydrogens (tertiary/aromatic N) is 3. The largest absolute Gasteiger partial charge is 0.496 e. The third-order valence-electron chi connectivity index (χ3n) is 4.40. The summed E-state index contributed by atoms with van der Waals surface area (Å²) in [6.45, 7) is 4.27. The van der Waals surface area contributed by atoms with E-state index in [1.807, 2.05) is 35.4 Å². The minimum atomic E-state index is 0.0755. The van der Waals surface area contributed by atoms with Crippen molar-refractivity contribution in [2.75, 3.05) is 33.3 Å². The Hall–Kier alpha value is -1.92. The molecule has 0 aliphatic carbocycles. The molecule has 1 fully saturated rings. The number of hydrogen-bond acceptors (Lipinski definition) is 4. The third-order valence-corrected chi connectivity index (χ3v) is 5.02. The lowest BCUT2D eigenvalue weighted by Crippen LogP contribution is -2.35. The van der Waals surface area contributed by atoms with Gasteiger partial charge in [-0.2, -0.15) is 0 Å². The first-order chi connectivity index (χ1) is 12.2. The Morgan fingerprint density at radius 2 is 2.12 bits per heavy atom. The van der Waals surface area contributed by atoms with Crippen molar-refractivity contribution in [2.45, 2.75) is 13.0 Å². The monoisotopic (exact) mass is 403 g/mol. The van der Waals surface area contributed by atoms with Crippen LogP contribution in [0, 0.1) is 0 Å². The summed E-state index contributed by atoms with van der Waals surface area (Å²) in [5.74, 6) is 0.807. The zero-order chi connectivity index (χ0) is 17.6. The van der Waals surface area contributed by atoms with Gasteiger partial charge in [-0.15, -0.1) is 0 Å². The van der Waals surface area contributed by atoms with Gasteiger partial charge in [0.25, 0.3) is 5.91 Å².